The summed E-state index contributed by atoms with van der Waals surface area (Å²) in [6, 6.07) is 11.8. The van der Waals surface area contributed by atoms with Crippen molar-refractivity contribution >= 4 is 27.3 Å². The van der Waals surface area contributed by atoms with Crippen LogP contribution < -0.4 is 15.4 Å². The molecular weight excluding hydrogens is 357 g/mol. The van der Waals surface area contributed by atoms with Crippen LogP contribution in [0.3, 0.4) is 0 Å². The normalized spacial score (nSPS) is 13.5. The van der Waals surface area contributed by atoms with Crippen LogP contribution in [-0.2, 0) is 14.8 Å². The maximum Gasteiger partial charge on any atom is 0.242 e. The molecule has 0 aliphatic rings. The van der Waals surface area contributed by atoms with Gasteiger partial charge in [-0.05, 0) is 55.8 Å². The van der Waals surface area contributed by atoms with Gasteiger partial charge >= 0.3 is 0 Å². The molecule has 2 atom stereocenters. The van der Waals surface area contributed by atoms with Crippen LogP contribution in [0.2, 0.25) is 0 Å². The number of carbonyl (C=O) groups excluding carboxylic acids is 1. The summed E-state index contributed by atoms with van der Waals surface area (Å²) in [5.41, 5.74) is 1.93. The van der Waals surface area contributed by atoms with Gasteiger partial charge < -0.3 is 10.6 Å². The van der Waals surface area contributed by atoms with Gasteiger partial charge in [-0.3, -0.25) is 9.52 Å². The Morgan fingerprint density at radius 1 is 0.962 bits per heavy atom. The van der Waals surface area contributed by atoms with Gasteiger partial charge in [-0.2, -0.15) is 0 Å². The van der Waals surface area contributed by atoms with Crippen LogP contribution >= 0.6 is 0 Å². The lowest BCUT2D eigenvalue weighted by atomic mass is 10.1. The molecule has 2 rings (SSSR count). The largest absolute Gasteiger partial charge is 0.374 e. The highest BCUT2D eigenvalue weighted by Crippen LogP contribution is 2.16. The Bertz CT molecular complexity index is 852. The van der Waals surface area contributed by atoms with Crippen molar-refractivity contribution in [1.82, 2.24) is 5.32 Å². The Balaban J connectivity index is 1.93. The Kier molecular flexibility index (Phi) is 6.20. The molecule has 3 N–H and O–H groups in total. The molecule has 0 aromatic heterocycles. The fourth-order valence-electron chi connectivity index (χ4n) is 2.34. The smallest absolute Gasteiger partial charge is 0.242 e. The average molecular weight is 379 g/mol. The summed E-state index contributed by atoms with van der Waals surface area (Å²) in [6.45, 7) is 3.54. The topological polar surface area (TPSA) is 87.3 Å². The van der Waals surface area contributed by atoms with E-state index >= 15 is 0 Å². The van der Waals surface area contributed by atoms with Crippen LogP contribution in [0.4, 0.5) is 15.8 Å². The zero-order chi connectivity index (χ0) is 19.3. The molecule has 0 spiro atoms. The van der Waals surface area contributed by atoms with Crippen LogP contribution in [0.1, 0.15) is 25.5 Å². The minimum absolute atomic E-state index is 0.208. The standard InChI is InChI=1S/C18H22FN3O3S/c1-12(14-4-6-15(19)7-5-14)21-18(23)13(2)20-16-8-10-17(11-9-16)22-26(3,24)25/h4-13,20,22H,1-3H3,(H,21,23)/t12-,13-/m1/s1. The molecule has 0 unspecified atom stereocenters. The Morgan fingerprint density at radius 2 is 1.50 bits per heavy atom. The van der Waals surface area contributed by atoms with Gasteiger partial charge in [-0.1, -0.05) is 12.1 Å². The van der Waals surface area contributed by atoms with E-state index in [9.17, 15) is 17.6 Å². The fraction of sp³-hybridized carbons (Fsp3) is 0.278. The van der Waals surface area contributed by atoms with Gasteiger partial charge in [0.2, 0.25) is 15.9 Å². The summed E-state index contributed by atoms with van der Waals surface area (Å²) in [5.74, 6) is -0.531. The SMILES string of the molecule is C[C@@H](Nc1ccc(NS(C)(=O)=O)cc1)C(=O)N[C@H](C)c1ccc(F)cc1. The maximum absolute atomic E-state index is 13.0. The predicted octanol–water partition coefficient (Wildman–Crippen LogP) is 2.88. The van der Waals surface area contributed by atoms with E-state index in [1.54, 1.807) is 43.3 Å². The van der Waals surface area contributed by atoms with E-state index in [0.717, 1.165) is 11.8 Å². The quantitative estimate of drug-likeness (QED) is 0.690. The number of carbonyl (C=O) groups is 1. The number of halogens is 1. The monoisotopic (exact) mass is 379 g/mol. The molecule has 0 saturated heterocycles. The number of nitrogens with one attached hydrogen (secondary N) is 3. The van der Waals surface area contributed by atoms with Crippen LogP contribution in [0.15, 0.2) is 48.5 Å². The molecule has 140 valence electrons. The van der Waals surface area contributed by atoms with Crippen LogP contribution in [0, 0.1) is 5.82 Å². The maximum atomic E-state index is 13.0. The Morgan fingerprint density at radius 3 is 2.04 bits per heavy atom. The third-order valence-electron chi connectivity index (χ3n) is 3.69. The molecule has 8 heteroatoms. The molecule has 1 amide bonds. The summed E-state index contributed by atoms with van der Waals surface area (Å²) in [5, 5.41) is 5.91. The molecule has 0 aliphatic heterocycles. The number of anilines is 2. The molecule has 0 radical (unpaired) electrons. The van der Waals surface area contributed by atoms with Crippen molar-refractivity contribution in [1.29, 1.82) is 0 Å². The zero-order valence-electron chi connectivity index (χ0n) is 14.8. The van der Waals surface area contributed by atoms with Gasteiger partial charge in [0.15, 0.2) is 0 Å². The summed E-state index contributed by atoms with van der Waals surface area (Å²) in [7, 11) is -3.33. The average Bonchev–Trinajstić information content (AvgIpc) is 2.55. The molecule has 2 aromatic rings. The molecule has 0 fully saturated rings. The second-order valence-corrected chi connectivity index (χ2v) is 7.85. The first-order valence-electron chi connectivity index (χ1n) is 8.04. The molecule has 6 nitrogen and oxygen atoms in total. The van der Waals surface area contributed by atoms with Gasteiger partial charge in [0.1, 0.15) is 11.9 Å². The fourth-order valence-corrected chi connectivity index (χ4v) is 2.90. The highest BCUT2D eigenvalue weighted by molar-refractivity contribution is 7.92. The number of hydrogen-bond donors (Lipinski definition) is 3. The van der Waals surface area contributed by atoms with Gasteiger partial charge in [0, 0.05) is 11.4 Å². The van der Waals surface area contributed by atoms with Crippen molar-refractivity contribution in [2.24, 2.45) is 0 Å². The lowest BCUT2D eigenvalue weighted by Crippen LogP contribution is -2.38. The molecule has 2 aromatic carbocycles. The van der Waals surface area contributed by atoms with Gasteiger partial charge in [0.25, 0.3) is 0 Å². The predicted molar refractivity (Wildman–Crippen MR) is 101 cm³/mol. The number of benzene rings is 2. The van der Waals surface area contributed by atoms with Crippen molar-refractivity contribution < 1.29 is 17.6 Å². The minimum Gasteiger partial charge on any atom is -0.374 e. The molecule has 26 heavy (non-hydrogen) atoms. The summed E-state index contributed by atoms with van der Waals surface area (Å²) < 4.78 is 37.7. The second-order valence-electron chi connectivity index (χ2n) is 6.10. The zero-order valence-corrected chi connectivity index (χ0v) is 15.6. The summed E-state index contributed by atoms with van der Waals surface area (Å²) in [6.07, 6.45) is 1.08. The third kappa shape index (κ3) is 6.03. The van der Waals surface area contributed by atoms with E-state index in [1.807, 2.05) is 6.92 Å². The minimum atomic E-state index is -3.33. The van der Waals surface area contributed by atoms with E-state index in [2.05, 4.69) is 15.4 Å². The van der Waals surface area contributed by atoms with Crippen molar-refractivity contribution in [2.45, 2.75) is 25.9 Å². The number of hydrogen-bond acceptors (Lipinski definition) is 4. The number of sulfonamides is 1. The molecule has 0 bridgehead atoms. The van der Waals surface area contributed by atoms with Crippen molar-refractivity contribution in [3.05, 3.63) is 59.9 Å². The first kappa shape index (κ1) is 19.7. The van der Waals surface area contributed by atoms with E-state index in [4.69, 9.17) is 0 Å². The van der Waals surface area contributed by atoms with Gasteiger partial charge in [-0.15, -0.1) is 0 Å². The molecule has 0 heterocycles. The lowest BCUT2D eigenvalue weighted by Gasteiger charge is -2.19. The number of amides is 1. The highest BCUT2D eigenvalue weighted by atomic mass is 32.2. The first-order chi connectivity index (χ1) is 12.1. The third-order valence-corrected chi connectivity index (χ3v) is 4.30. The van der Waals surface area contributed by atoms with Gasteiger partial charge in [-0.25, -0.2) is 12.8 Å². The van der Waals surface area contributed by atoms with E-state index in [1.165, 1.54) is 12.1 Å². The van der Waals surface area contributed by atoms with Crippen LogP contribution in [-0.4, -0.2) is 26.6 Å². The Hall–Kier alpha value is -2.61. The van der Waals surface area contributed by atoms with Gasteiger partial charge in [0.05, 0.1) is 12.3 Å². The molecular formula is C18H22FN3O3S. The van der Waals surface area contributed by atoms with Crippen molar-refractivity contribution in [2.75, 3.05) is 16.3 Å². The summed E-state index contributed by atoms with van der Waals surface area (Å²) in [4.78, 5) is 12.3. The van der Waals surface area contributed by atoms with Crippen LogP contribution in [0.25, 0.3) is 0 Å². The first-order valence-corrected chi connectivity index (χ1v) is 9.93. The van der Waals surface area contributed by atoms with Crippen molar-refractivity contribution in [3.63, 3.8) is 0 Å². The highest BCUT2D eigenvalue weighted by Gasteiger charge is 2.16. The second kappa shape index (κ2) is 8.18. The van der Waals surface area contributed by atoms with Crippen LogP contribution in [0.5, 0.6) is 0 Å². The number of rotatable bonds is 7. The van der Waals surface area contributed by atoms with E-state index in [0.29, 0.717) is 11.4 Å². The molecule has 0 aliphatic carbocycles. The molecule has 0 saturated carbocycles. The van der Waals surface area contributed by atoms with E-state index in [-0.39, 0.29) is 17.8 Å². The van der Waals surface area contributed by atoms with E-state index < -0.39 is 16.1 Å². The van der Waals surface area contributed by atoms with Crippen molar-refractivity contribution in [3.8, 4) is 0 Å². The Labute approximate surface area is 152 Å². The lowest BCUT2D eigenvalue weighted by molar-refractivity contribution is -0.122. The summed E-state index contributed by atoms with van der Waals surface area (Å²) >= 11 is 0.